The number of amides is 3. The van der Waals surface area contributed by atoms with E-state index in [1.165, 1.54) is 12.1 Å². The normalized spacial score (nSPS) is 10.3. The number of aliphatic carboxylic acids is 1. The Bertz CT molecular complexity index is 904. The average molecular weight is 367 g/mol. The van der Waals surface area contributed by atoms with Gasteiger partial charge in [0.25, 0.3) is 17.7 Å². The molecule has 138 valence electrons. The van der Waals surface area contributed by atoms with Crippen LogP contribution < -0.4 is 16.2 Å². The number of carboxylic acids is 1. The summed E-state index contributed by atoms with van der Waals surface area (Å²) in [7, 11) is 0. The third-order valence-electron chi connectivity index (χ3n) is 3.36. The molecule has 0 radical (unpaired) electrons. The van der Waals surface area contributed by atoms with Crippen LogP contribution in [0.4, 0.5) is 5.69 Å². The molecule has 0 aliphatic carbocycles. The zero-order chi connectivity index (χ0) is 19.8. The second kappa shape index (κ2) is 8.95. The Morgan fingerprint density at radius 1 is 0.852 bits per heavy atom. The topological polar surface area (TPSA) is 125 Å². The molecule has 8 nitrogen and oxygen atoms in total. The highest BCUT2D eigenvalue weighted by Crippen LogP contribution is 2.12. The molecule has 3 amide bonds. The highest BCUT2D eigenvalue weighted by Gasteiger charge is 2.09. The summed E-state index contributed by atoms with van der Waals surface area (Å²) in [6, 6.07) is 13.2. The molecule has 0 spiro atoms. The highest BCUT2D eigenvalue weighted by molar-refractivity contribution is 6.04. The summed E-state index contributed by atoms with van der Waals surface area (Å²) in [5, 5.41) is 11.1. The minimum absolute atomic E-state index is 0.242. The minimum Gasteiger partial charge on any atom is -0.478 e. The van der Waals surface area contributed by atoms with Gasteiger partial charge in [0.2, 0.25) is 0 Å². The van der Waals surface area contributed by atoms with Crippen molar-refractivity contribution in [3.63, 3.8) is 0 Å². The molecule has 0 saturated carbocycles. The fourth-order valence-electron chi connectivity index (χ4n) is 2.07. The third kappa shape index (κ3) is 6.13. The molecule has 0 aliphatic rings. The van der Waals surface area contributed by atoms with Gasteiger partial charge < -0.3 is 10.4 Å². The fraction of sp³-hybridized carbons (Fsp3) is 0.0526. The van der Waals surface area contributed by atoms with Gasteiger partial charge in [-0.05, 0) is 43.3 Å². The molecule has 0 bridgehead atoms. The highest BCUT2D eigenvalue weighted by atomic mass is 16.4. The molecule has 2 rings (SSSR count). The molecule has 0 aliphatic heterocycles. The number of nitrogens with one attached hydrogen (secondary N) is 3. The zero-order valence-corrected chi connectivity index (χ0v) is 14.4. The van der Waals surface area contributed by atoms with Gasteiger partial charge in [-0.2, -0.15) is 0 Å². The van der Waals surface area contributed by atoms with Crippen LogP contribution in [0, 0.1) is 6.92 Å². The molecule has 2 aromatic rings. The first-order chi connectivity index (χ1) is 12.8. The standard InChI is InChI=1S/C19H17N3O5/c1-12-3-2-4-14(11-12)18(26)20-15-7-5-13(6-8-15)19(27)22-21-16(23)9-10-17(24)25/h2-11H,1H3,(H,20,26)(H,21,23)(H,22,27)(H,24,25). The number of benzene rings is 2. The van der Waals surface area contributed by atoms with Crippen LogP contribution in [0.15, 0.2) is 60.7 Å². The molecule has 2 aromatic carbocycles. The summed E-state index contributed by atoms with van der Waals surface area (Å²) in [5.41, 5.74) is 6.43. The molecule has 0 heterocycles. The van der Waals surface area contributed by atoms with Gasteiger partial charge in [-0.15, -0.1) is 0 Å². The number of carbonyl (C=O) groups excluding carboxylic acids is 3. The first-order valence-corrected chi connectivity index (χ1v) is 7.84. The van der Waals surface area contributed by atoms with E-state index < -0.39 is 17.8 Å². The van der Waals surface area contributed by atoms with Gasteiger partial charge in [-0.3, -0.25) is 25.2 Å². The lowest BCUT2D eigenvalue weighted by molar-refractivity contribution is -0.131. The first-order valence-electron chi connectivity index (χ1n) is 7.84. The number of hydrazine groups is 1. The van der Waals surface area contributed by atoms with E-state index in [4.69, 9.17) is 5.11 Å². The second-order valence-electron chi connectivity index (χ2n) is 5.52. The molecular formula is C19H17N3O5. The van der Waals surface area contributed by atoms with Crippen LogP contribution in [0.3, 0.4) is 0 Å². The molecule has 4 N–H and O–H groups in total. The molecule has 0 atom stereocenters. The van der Waals surface area contributed by atoms with Crippen molar-refractivity contribution in [3.05, 3.63) is 77.4 Å². The summed E-state index contributed by atoms with van der Waals surface area (Å²) in [5.74, 6) is -2.93. The van der Waals surface area contributed by atoms with Crippen LogP contribution in [-0.2, 0) is 9.59 Å². The molecular weight excluding hydrogens is 350 g/mol. The Balaban J connectivity index is 1.92. The number of carbonyl (C=O) groups is 4. The van der Waals surface area contributed by atoms with Crippen LogP contribution in [0.1, 0.15) is 26.3 Å². The van der Waals surface area contributed by atoms with E-state index in [0.29, 0.717) is 17.3 Å². The monoisotopic (exact) mass is 367 g/mol. The van der Waals surface area contributed by atoms with E-state index in [9.17, 15) is 19.2 Å². The number of aryl methyl sites for hydroxylation is 1. The molecule has 8 heteroatoms. The van der Waals surface area contributed by atoms with Gasteiger partial charge in [0, 0.05) is 29.0 Å². The Morgan fingerprint density at radius 3 is 2.19 bits per heavy atom. The van der Waals surface area contributed by atoms with Crippen molar-refractivity contribution in [3.8, 4) is 0 Å². The molecule has 0 saturated heterocycles. The van der Waals surface area contributed by atoms with Gasteiger partial charge in [0.05, 0.1) is 0 Å². The van der Waals surface area contributed by atoms with Gasteiger partial charge in [-0.25, -0.2) is 4.79 Å². The van der Waals surface area contributed by atoms with Gasteiger partial charge >= 0.3 is 5.97 Å². The fourth-order valence-corrected chi connectivity index (χ4v) is 2.07. The summed E-state index contributed by atoms with van der Waals surface area (Å²) in [6.45, 7) is 1.89. The van der Waals surface area contributed by atoms with Gasteiger partial charge in [-0.1, -0.05) is 17.7 Å². The zero-order valence-electron chi connectivity index (χ0n) is 14.4. The lowest BCUT2D eigenvalue weighted by Crippen LogP contribution is -2.40. The summed E-state index contributed by atoms with van der Waals surface area (Å²) >= 11 is 0. The van der Waals surface area contributed by atoms with E-state index in [0.717, 1.165) is 11.6 Å². The maximum absolute atomic E-state index is 12.2. The largest absolute Gasteiger partial charge is 0.478 e. The maximum Gasteiger partial charge on any atom is 0.328 e. The van der Waals surface area contributed by atoms with E-state index >= 15 is 0 Å². The predicted octanol–water partition coefficient (Wildman–Crippen LogP) is 1.65. The van der Waals surface area contributed by atoms with Crippen LogP contribution in [-0.4, -0.2) is 28.8 Å². The van der Waals surface area contributed by atoms with E-state index in [2.05, 4.69) is 16.2 Å². The predicted molar refractivity (Wildman–Crippen MR) is 98.0 cm³/mol. The van der Waals surface area contributed by atoms with Crippen LogP contribution in [0.2, 0.25) is 0 Å². The number of rotatable bonds is 5. The minimum atomic E-state index is -1.28. The summed E-state index contributed by atoms with van der Waals surface area (Å²) < 4.78 is 0. The Kier molecular flexibility index (Phi) is 6.43. The van der Waals surface area contributed by atoms with Crippen molar-refractivity contribution in [1.82, 2.24) is 10.9 Å². The van der Waals surface area contributed by atoms with Crippen molar-refractivity contribution in [2.45, 2.75) is 6.92 Å². The van der Waals surface area contributed by atoms with Crippen LogP contribution in [0.5, 0.6) is 0 Å². The molecule has 0 unspecified atom stereocenters. The Hall–Kier alpha value is -3.94. The van der Waals surface area contributed by atoms with Crippen molar-refractivity contribution in [1.29, 1.82) is 0 Å². The van der Waals surface area contributed by atoms with Crippen molar-refractivity contribution >= 4 is 29.4 Å². The Morgan fingerprint density at radius 2 is 1.56 bits per heavy atom. The van der Waals surface area contributed by atoms with E-state index in [-0.39, 0.29) is 11.5 Å². The smallest absolute Gasteiger partial charge is 0.328 e. The molecule has 0 aromatic heterocycles. The average Bonchev–Trinajstić information content (AvgIpc) is 2.65. The lowest BCUT2D eigenvalue weighted by Gasteiger charge is -2.08. The van der Waals surface area contributed by atoms with E-state index in [1.807, 2.05) is 13.0 Å². The lowest BCUT2D eigenvalue weighted by atomic mass is 10.1. The first kappa shape index (κ1) is 19.4. The third-order valence-corrected chi connectivity index (χ3v) is 3.36. The number of hydrogen-bond acceptors (Lipinski definition) is 4. The summed E-state index contributed by atoms with van der Waals surface area (Å²) in [4.78, 5) is 45.7. The SMILES string of the molecule is Cc1cccc(C(=O)Nc2ccc(C(=O)NNC(=O)C=CC(=O)O)cc2)c1. The quantitative estimate of drug-likeness (QED) is 0.472. The summed E-state index contributed by atoms with van der Waals surface area (Å²) in [6.07, 6.45) is 1.42. The van der Waals surface area contributed by atoms with E-state index in [1.54, 1.807) is 30.3 Å². The van der Waals surface area contributed by atoms with Crippen molar-refractivity contribution in [2.24, 2.45) is 0 Å². The van der Waals surface area contributed by atoms with Gasteiger partial charge in [0.15, 0.2) is 0 Å². The number of hydrogen-bond donors (Lipinski definition) is 4. The Labute approximate surface area is 154 Å². The number of anilines is 1. The second-order valence-corrected chi connectivity index (χ2v) is 5.52. The number of carboxylic acid groups (broad SMARTS) is 1. The van der Waals surface area contributed by atoms with Crippen molar-refractivity contribution < 1.29 is 24.3 Å². The van der Waals surface area contributed by atoms with Crippen molar-refractivity contribution in [2.75, 3.05) is 5.32 Å². The van der Waals surface area contributed by atoms with Crippen LogP contribution in [0.25, 0.3) is 0 Å². The maximum atomic E-state index is 12.2. The molecule has 0 fully saturated rings. The van der Waals surface area contributed by atoms with Gasteiger partial charge in [0.1, 0.15) is 0 Å². The van der Waals surface area contributed by atoms with Crippen LogP contribution >= 0.6 is 0 Å². The molecule has 27 heavy (non-hydrogen) atoms.